The van der Waals surface area contributed by atoms with E-state index in [0.29, 0.717) is 12.5 Å². The van der Waals surface area contributed by atoms with Crippen LogP contribution in [-0.2, 0) is 0 Å². The minimum absolute atomic E-state index is 0.316. The van der Waals surface area contributed by atoms with Crippen molar-refractivity contribution in [1.29, 1.82) is 0 Å². The molecule has 2 aliphatic heterocycles. The molecule has 0 radical (unpaired) electrons. The Balaban J connectivity index is 1.69. The van der Waals surface area contributed by atoms with Gasteiger partial charge in [0.2, 0.25) is 0 Å². The van der Waals surface area contributed by atoms with Crippen LogP contribution in [0.2, 0.25) is 0 Å². The van der Waals surface area contributed by atoms with Crippen LogP contribution in [0, 0.1) is 5.92 Å². The highest BCUT2D eigenvalue weighted by Crippen LogP contribution is 2.25. The maximum absolute atomic E-state index is 9.18. The molecule has 0 spiro atoms. The molecule has 2 fully saturated rings. The topological polar surface area (TPSA) is 52.5 Å². The van der Waals surface area contributed by atoms with Gasteiger partial charge in [-0.25, -0.2) is 9.97 Å². The molecule has 0 aromatic carbocycles. The predicted octanol–water partition coefficient (Wildman–Crippen LogP) is 1.29. The highest BCUT2D eigenvalue weighted by atomic mass is 16.3. The second-order valence-electron chi connectivity index (χ2n) is 5.54. The van der Waals surface area contributed by atoms with Crippen LogP contribution >= 0.6 is 0 Å². The first-order chi connectivity index (χ1) is 9.36. The van der Waals surface area contributed by atoms with E-state index in [-0.39, 0.29) is 0 Å². The monoisotopic (exact) mass is 262 g/mol. The van der Waals surface area contributed by atoms with Crippen LogP contribution in [0.4, 0.5) is 11.6 Å². The fourth-order valence-electron chi connectivity index (χ4n) is 2.97. The molecule has 0 unspecified atom stereocenters. The van der Waals surface area contributed by atoms with Crippen molar-refractivity contribution >= 4 is 11.6 Å². The Morgan fingerprint density at radius 1 is 1.00 bits per heavy atom. The summed E-state index contributed by atoms with van der Waals surface area (Å²) in [5, 5.41) is 9.18. The molecule has 0 atom stereocenters. The smallest absolute Gasteiger partial charge is 0.134 e. The van der Waals surface area contributed by atoms with E-state index in [1.165, 1.54) is 12.8 Å². The number of hydrogen-bond acceptors (Lipinski definition) is 5. The zero-order chi connectivity index (χ0) is 13.1. The summed E-state index contributed by atoms with van der Waals surface area (Å²) >= 11 is 0. The third-order valence-corrected chi connectivity index (χ3v) is 4.26. The summed E-state index contributed by atoms with van der Waals surface area (Å²) in [5.74, 6) is 2.57. The summed E-state index contributed by atoms with van der Waals surface area (Å²) in [7, 11) is 0. The normalized spacial score (nSPS) is 21.1. The van der Waals surface area contributed by atoms with Crippen LogP contribution in [0.15, 0.2) is 12.4 Å². The molecular formula is C14H22N4O. The fraction of sp³-hybridized carbons (Fsp3) is 0.714. The third kappa shape index (κ3) is 2.81. The van der Waals surface area contributed by atoms with Gasteiger partial charge in [-0.3, -0.25) is 0 Å². The van der Waals surface area contributed by atoms with Gasteiger partial charge in [0.15, 0.2) is 0 Å². The van der Waals surface area contributed by atoms with Gasteiger partial charge in [-0.1, -0.05) is 0 Å². The maximum atomic E-state index is 9.18. The van der Waals surface area contributed by atoms with Crippen molar-refractivity contribution in [3.8, 4) is 0 Å². The Labute approximate surface area is 114 Å². The van der Waals surface area contributed by atoms with Crippen molar-refractivity contribution in [2.45, 2.75) is 25.7 Å². The first kappa shape index (κ1) is 12.7. The second kappa shape index (κ2) is 5.74. The summed E-state index contributed by atoms with van der Waals surface area (Å²) in [6.45, 7) is 4.52. The van der Waals surface area contributed by atoms with Gasteiger partial charge >= 0.3 is 0 Å². The summed E-state index contributed by atoms with van der Waals surface area (Å²) < 4.78 is 0. The lowest BCUT2D eigenvalue weighted by molar-refractivity contribution is 0.203. The lowest BCUT2D eigenvalue weighted by Crippen LogP contribution is -2.35. The van der Waals surface area contributed by atoms with Gasteiger partial charge in [0.05, 0.1) is 0 Å². The second-order valence-corrected chi connectivity index (χ2v) is 5.54. The first-order valence-electron chi connectivity index (χ1n) is 7.29. The number of hydrogen-bond donors (Lipinski definition) is 1. The number of rotatable bonds is 3. The molecule has 0 saturated carbocycles. The van der Waals surface area contributed by atoms with Crippen LogP contribution in [-0.4, -0.2) is 47.9 Å². The number of nitrogens with zero attached hydrogens (tertiary/aromatic N) is 4. The van der Waals surface area contributed by atoms with Gasteiger partial charge in [0.1, 0.15) is 18.0 Å². The Hall–Kier alpha value is -1.36. The average Bonchev–Trinajstić information content (AvgIpc) is 3.02. The molecule has 1 aromatic heterocycles. The van der Waals surface area contributed by atoms with Crippen molar-refractivity contribution in [3.05, 3.63) is 12.4 Å². The lowest BCUT2D eigenvalue weighted by Gasteiger charge is -2.32. The van der Waals surface area contributed by atoms with Gasteiger partial charge in [-0.15, -0.1) is 0 Å². The van der Waals surface area contributed by atoms with Crippen LogP contribution < -0.4 is 9.80 Å². The predicted molar refractivity (Wildman–Crippen MR) is 75.5 cm³/mol. The number of anilines is 2. The summed E-state index contributed by atoms with van der Waals surface area (Å²) in [6.07, 6.45) is 6.32. The molecule has 1 N–H and O–H groups in total. The largest absolute Gasteiger partial charge is 0.396 e. The number of aliphatic hydroxyl groups is 1. The van der Waals surface area contributed by atoms with Crippen LogP contribution in [0.1, 0.15) is 25.7 Å². The van der Waals surface area contributed by atoms with Crippen molar-refractivity contribution in [2.24, 2.45) is 5.92 Å². The number of aliphatic hydroxyl groups excluding tert-OH is 1. The lowest BCUT2D eigenvalue weighted by atomic mass is 9.98. The first-order valence-corrected chi connectivity index (χ1v) is 7.29. The summed E-state index contributed by atoms with van der Waals surface area (Å²) in [4.78, 5) is 13.5. The van der Waals surface area contributed by atoms with Gasteiger partial charge in [-0.2, -0.15) is 0 Å². The molecule has 0 aliphatic carbocycles. The Bertz CT molecular complexity index is 412. The maximum Gasteiger partial charge on any atom is 0.134 e. The Kier molecular flexibility index (Phi) is 3.82. The van der Waals surface area contributed by atoms with E-state index >= 15 is 0 Å². The molecule has 2 aliphatic rings. The molecule has 5 heteroatoms. The molecule has 5 nitrogen and oxygen atoms in total. The van der Waals surface area contributed by atoms with Gasteiger partial charge in [0.25, 0.3) is 0 Å². The summed E-state index contributed by atoms with van der Waals surface area (Å²) in [5.41, 5.74) is 0. The van der Waals surface area contributed by atoms with Crippen molar-refractivity contribution in [3.63, 3.8) is 0 Å². The van der Waals surface area contributed by atoms with Crippen molar-refractivity contribution in [1.82, 2.24) is 9.97 Å². The molecule has 0 bridgehead atoms. The van der Waals surface area contributed by atoms with E-state index in [1.807, 2.05) is 0 Å². The zero-order valence-corrected chi connectivity index (χ0v) is 11.3. The van der Waals surface area contributed by atoms with Crippen molar-refractivity contribution < 1.29 is 5.11 Å². The van der Waals surface area contributed by atoms with Gasteiger partial charge in [0, 0.05) is 38.9 Å². The highest BCUT2D eigenvalue weighted by Gasteiger charge is 2.21. The molecule has 0 amide bonds. The Morgan fingerprint density at radius 2 is 1.58 bits per heavy atom. The summed E-state index contributed by atoms with van der Waals surface area (Å²) in [6, 6.07) is 2.12. The highest BCUT2D eigenvalue weighted by molar-refractivity contribution is 5.50. The van der Waals surface area contributed by atoms with Gasteiger partial charge in [-0.05, 0) is 31.6 Å². The van der Waals surface area contributed by atoms with Crippen LogP contribution in [0.3, 0.4) is 0 Å². The third-order valence-electron chi connectivity index (χ3n) is 4.26. The van der Waals surface area contributed by atoms with Crippen molar-refractivity contribution in [2.75, 3.05) is 42.6 Å². The molecule has 2 saturated heterocycles. The minimum atomic E-state index is 0.316. The minimum Gasteiger partial charge on any atom is -0.396 e. The van der Waals surface area contributed by atoms with E-state index in [2.05, 4.69) is 25.8 Å². The fourth-order valence-corrected chi connectivity index (χ4v) is 2.97. The van der Waals surface area contributed by atoms with E-state index in [0.717, 1.165) is 50.7 Å². The number of piperidine rings is 1. The van der Waals surface area contributed by atoms with E-state index in [4.69, 9.17) is 0 Å². The van der Waals surface area contributed by atoms with Crippen LogP contribution in [0.25, 0.3) is 0 Å². The van der Waals surface area contributed by atoms with E-state index in [9.17, 15) is 5.11 Å². The molecule has 3 heterocycles. The molecule has 1 aromatic rings. The SMILES string of the molecule is OCC1CCN(c2cc(N3CCCC3)ncn2)CC1. The molecule has 3 rings (SSSR count). The van der Waals surface area contributed by atoms with Crippen LogP contribution in [0.5, 0.6) is 0 Å². The Morgan fingerprint density at radius 3 is 2.16 bits per heavy atom. The standard InChI is InChI=1S/C14H22N4O/c19-10-12-3-7-18(8-4-12)14-9-13(15-11-16-14)17-5-1-2-6-17/h9,11-12,19H,1-8,10H2. The molecule has 19 heavy (non-hydrogen) atoms. The molecular weight excluding hydrogens is 240 g/mol. The average molecular weight is 262 g/mol. The zero-order valence-electron chi connectivity index (χ0n) is 11.3. The molecule has 104 valence electrons. The van der Waals surface area contributed by atoms with Gasteiger partial charge < -0.3 is 14.9 Å². The van der Waals surface area contributed by atoms with E-state index < -0.39 is 0 Å². The van der Waals surface area contributed by atoms with E-state index in [1.54, 1.807) is 6.33 Å². The quantitative estimate of drug-likeness (QED) is 0.889. The number of aromatic nitrogens is 2.